The lowest BCUT2D eigenvalue weighted by Crippen LogP contribution is -2.34. The minimum absolute atomic E-state index is 0.214. The monoisotopic (exact) mass is 478 g/mol. The summed E-state index contributed by atoms with van der Waals surface area (Å²) >= 11 is 0. The van der Waals surface area contributed by atoms with E-state index in [4.69, 9.17) is 14.2 Å². The molecule has 10 nitrogen and oxygen atoms in total. The Balaban J connectivity index is 1.57. The van der Waals surface area contributed by atoms with Gasteiger partial charge in [0.25, 0.3) is 11.8 Å². The minimum Gasteiger partial charge on any atom is -0.493 e. The van der Waals surface area contributed by atoms with Crippen molar-refractivity contribution < 1.29 is 28.6 Å². The molecule has 0 spiro atoms. The molecular weight excluding hydrogens is 452 g/mol. The molecule has 35 heavy (non-hydrogen) atoms. The fourth-order valence-electron chi connectivity index (χ4n) is 3.16. The molecule has 10 heteroatoms. The number of hydrogen-bond donors (Lipinski definition) is 2. The van der Waals surface area contributed by atoms with Gasteiger partial charge < -0.3 is 24.8 Å². The summed E-state index contributed by atoms with van der Waals surface area (Å²) in [5, 5.41) is 5.49. The van der Waals surface area contributed by atoms with Crippen LogP contribution in [0.25, 0.3) is 11.4 Å². The fraction of sp³-hybridized carbons (Fsp3) is 0.240. The Morgan fingerprint density at radius 2 is 1.29 bits per heavy atom. The van der Waals surface area contributed by atoms with E-state index >= 15 is 0 Å². The Labute approximate surface area is 202 Å². The van der Waals surface area contributed by atoms with Gasteiger partial charge in [0.1, 0.15) is 0 Å². The summed E-state index contributed by atoms with van der Waals surface area (Å²) in [6.07, 6.45) is 2.97. The molecule has 0 aliphatic carbocycles. The molecule has 2 heterocycles. The van der Waals surface area contributed by atoms with E-state index in [2.05, 4.69) is 20.6 Å². The lowest BCUT2D eigenvalue weighted by atomic mass is 10.1. The lowest BCUT2D eigenvalue weighted by molar-refractivity contribution is 0.0526. The number of nitrogens with one attached hydrogen (secondary N) is 2. The number of methoxy groups -OCH3 is 2. The number of carbonyl (C=O) groups is 3. The second kappa shape index (κ2) is 12.1. The van der Waals surface area contributed by atoms with Gasteiger partial charge in [0.15, 0.2) is 11.5 Å². The Morgan fingerprint density at radius 1 is 0.743 bits per heavy atom. The standard InChI is InChI=1S/C25H26N4O6/c1-4-35-25(32)18-8-10-27-20(14-18)19-13-17(7-9-26-19)24(31)29-12-11-28-23(30)16-5-6-21(33-2)22(15-16)34-3/h5-10,13-15H,4,11-12H2,1-3H3,(H,28,30)(H,29,31). The molecule has 0 bridgehead atoms. The van der Waals surface area contributed by atoms with Gasteiger partial charge in [-0.25, -0.2) is 4.79 Å². The predicted octanol–water partition coefficient (Wildman–Crippen LogP) is 2.50. The van der Waals surface area contributed by atoms with Crippen LogP contribution in [0.1, 0.15) is 38.0 Å². The number of esters is 1. The first-order valence-corrected chi connectivity index (χ1v) is 10.8. The number of aromatic nitrogens is 2. The summed E-state index contributed by atoms with van der Waals surface area (Å²) in [4.78, 5) is 45.4. The van der Waals surface area contributed by atoms with E-state index < -0.39 is 5.97 Å². The second-order valence-electron chi connectivity index (χ2n) is 7.16. The summed E-state index contributed by atoms with van der Waals surface area (Å²) in [5.41, 5.74) is 1.99. The molecular formula is C25H26N4O6. The van der Waals surface area contributed by atoms with E-state index in [9.17, 15) is 14.4 Å². The molecule has 0 unspecified atom stereocenters. The van der Waals surface area contributed by atoms with Crippen molar-refractivity contribution in [2.24, 2.45) is 0 Å². The third kappa shape index (κ3) is 6.53. The van der Waals surface area contributed by atoms with Gasteiger partial charge in [-0.1, -0.05) is 0 Å². The zero-order valence-corrected chi connectivity index (χ0v) is 19.7. The largest absolute Gasteiger partial charge is 0.493 e. The predicted molar refractivity (Wildman–Crippen MR) is 128 cm³/mol. The highest BCUT2D eigenvalue weighted by Gasteiger charge is 2.13. The van der Waals surface area contributed by atoms with Crippen molar-refractivity contribution in [1.82, 2.24) is 20.6 Å². The first kappa shape index (κ1) is 25.2. The molecule has 0 saturated carbocycles. The molecule has 2 aromatic heterocycles. The number of benzene rings is 1. The Bertz CT molecular complexity index is 1210. The van der Waals surface area contributed by atoms with Crippen LogP contribution >= 0.6 is 0 Å². The van der Waals surface area contributed by atoms with Crippen molar-refractivity contribution in [3.8, 4) is 22.9 Å². The van der Waals surface area contributed by atoms with Crippen LogP contribution in [0.5, 0.6) is 11.5 Å². The molecule has 0 fully saturated rings. The van der Waals surface area contributed by atoms with Gasteiger partial charge in [-0.05, 0) is 49.4 Å². The van der Waals surface area contributed by atoms with E-state index in [0.717, 1.165) is 0 Å². The summed E-state index contributed by atoms with van der Waals surface area (Å²) in [7, 11) is 3.01. The van der Waals surface area contributed by atoms with E-state index in [1.165, 1.54) is 26.6 Å². The number of hydrogen-bond acceptors (Lipinski definition) is 8. The summed E-state index contributed by atoms with van der Waals surface area (Å²) in [6.45, 7) is 2.43. The maximum Gasteiger partial charge on any atom is 0.338 e. The van der Waals surface area contributed by atoms with Crippen LogP contribution in [0.4, 0.5) is 0 Å². The van der Waals surface area contributed by atoms with Crippen LogP contribution in [0, 0.1) is 0 Å². The zero-order valence-electron chi connectivity index (χ0n) is 19.7. The Kier molecular flexibility index (Phi) is 8.71. The molecule has 2 amide bonds. The third-order valence-corrected chi connectivity index (χ3v) is 4.90. The first-order chi connectivity index (χ1) is 17.0. The number of carbonyl (C=O) groups excluding carboxylic acids is 3. The van der Waals surface area contributed by atoms with Crippen molar-refractivity contribution in [2.75, 3.05) is 33.9 Å². The van der Waals surface area contributed by atoms with Crippen LogP contribution < -0.4 is 20.1 Å². The van der Waals surface area contributed by atoms with E-state index in [0.29, 0.717) is 39.6 Å². The number of ether oxygens (including phenoxy) is 3. The highest BCUT2D eigenvalue weighted by molar-refractivity contribution is 5.96. The number of pyridine rings is 2. The molecule has 0 aliphatic heterocycles. The SMILES string of the molecule is CCOC(=O)c1ccnc(-c2cc(C(=O)NCCNC(=O)c3ccc(OC)c(OC)c3)ccn2)c1. The van der Waals surface area contributed by atoms with Crippen LogP contribution in [0.3, 0.4) is 0 Å². The zero-order chi connectivity index (χ0) is 25.2. The smallest absolute Gasteiger partial charge is 0.338 e. The van der Waals surface area contributed by atoms with Crippen molar-refractivity contribution >= 4 is 17.8 Å². The molecule has 182 valence electrons. The summed E-state index contributed by atoms with van der Waals surface area (Å²) in [6, 6.07) is 11.1. The van der Waals surface area contributed by atoms with Gasteiger partial charge >= 0.3 is 5.97 Å². The molecule has 0 radical (unpaired) electrons. The van der Waals surface area contributed by atoms with Crippen LogP contribution in [-0.4, -0.2) is 61.7 Å². The summed E-state index contributed by atoms with van der Waals surface area (Å²) < 4.78 is 15.4. The van der Waals surface area contributed by atoms with Crippen LogP contribution in [-0.2, 0) is 4.74 Å². The van der Waals surface area contributed by atoms with Crippen molar-refractivity contribution in [2.45, 2.75) is 6.92 Å². The first-order valence-electron chi connectivity index (χ1n) is 10.8. The number of rotatable bonds is 10. The molecule has 0 aliphatic rings. The van der Waals surface area contributed by atoms with Gasteiger partial charge in [-0.3, -0.25) is 19.6 Å². The minimum atomic E-state index is -0.458. The topological polar surface area (TPSA) is 129 Å². The molecule has 2 N–H and O–H groups in total. The van der Waals surface area contributed by atoms with Crippen molar-refractivity contribution in [3.63, 3.8) is 0 Å². The van der Waals surface area contributed by atoms with Gasteiger partial charge in [-0.15, -0.1) is 0 Å². The van der Waals surface area contributed by atoms with Gasteiger partial charge in [0.2, 0.25) is 0 Å². The third-order valence-electron chi connectivity index (χ3n) is 4.90. The normalized spacial score (nSPS) is 10.3. The van der Waals surface area contributed by atoms with Gasteiger partial charge in [0.05, 0.1) is 37.8 Å². The Hall–Kier alpha value is -4.47. The van der Waals surface area contributed by atoms with Gasteiger partial charge in [-0.2, -0.15) is 0 Å². The van der Waals surface area contributed by atoms with Crippen LogP contribution in [0.15, 0.2) is 54.9 Å². The Morgan fingerprint density at radius 3 is 1.86 bits per heavy atom. The molecule has 0 saturated heterocycles. The fourth-order valence-corrected chi connectivity index (χ4v) is 3.16. The number of amides is 2. The van der Waals surface area contributed by atoms with E-state index in [1.54, 1.807) is 49.4 Å². The maximum absolute atomic E-state index is 12.6. The molecule has 3 aromatic rings. The highest BCUT2D eigenvalue weighted by Crippen LogP contribution is 2.27. The van der Waals surface area contributed by atoms with E-state index in [1.807, 2.05) is 0 Å². The van der Waals surface area contributed by atoms with Gasteiger partial charge in [0, 0.05) is 36.6 Å². The second-order valence-corrected chi connectivity index (χ2v) is 7.16. The lowest BCUT2D eigenvalue weighted by Gasteiger charge is -2.10. The van der Waals surface area contributed by atoms with Crippen molar-refractivity contribution in [1.29, 1.82) is 0 Å². The maximum atomic E-state index is 12.6. The average molecular weight is 479 g/mol. The number of nitrogens with zero attached hydrogens (tertiary/aromatic N) is 2. The summed E-state index contributed by atoms with van der Waals surface area (Å²) in [5.74, 6) is -0.130. The quantitative estimate of drug-likeness (QED) is 0.336. The van der Waals surface area contributed by atoms with Crippen molar-refractivity contribution in [3.05, 3.63) is 71.5 Å². The molecule has 0 atom stereocenters. The average Bonchev–Trinajstić information content (AvgIpc) is 2.90. The highest BCUT2D eigenvalue weighted by atomic mass is 16.5. The molecule has 3 rings (SSSR count). The molecule has 1 aromatic carbocycles. The van der Waals surface area contributed by atoms with E-state index in [-0.39, 0.29) is 31.5 Å². The van der Waals surface area contributed by atoms with Crippen LogP contribution in [0.2, 0.25) is 0 Å².